The van der Waals surface area contributed by atoms with E-state index in [2.05, 4.69) is 47.2 Å². The van der Waals surface area contributed by atoms with Crippen LogP contribution in [0.1, 0.15) is 46.3 Å². The summed E-state index contributed by atoms with van der Waals surface area (Å²) in [6.45, 7) is 9.48. The largest absolute Gasteiger partial charge is 0.496 e. The van der Waals surface area contributed by atoms with Gasteiger partial charge in [0.2, 0.25) is 0 Å². The van der Waals surface area contributed by atoms with Crippen molar-refractivity contribution in [3.05, 3.63) is 82.2 Å². The molecule has 4 rings (SSSR count). The van der Waals surface area contributed by atoms with E-state index in [9.17, 15) is 4.79 Å². The number of thiophene rings is 1. The van der Waals surface area contributed by atoms with Crippen molar-refractivity contribution in [3.63, 3.8) is 0 Å². The normalized spacial score (nSPS) is 15.8. The third-order valence-electron chi connectivity index (χ3n) is 6.37. The van der Waals surface area contributed by atoms with E-state index in [1.165, 1.54) is 4.88 Å². The minimum atomic E-state index is -0.0732. The van der Waals surface area contributed by atoms with E-state index in [-0.39, 0.29) is 11.9 Å². The molecule has 1 aromatic heterocycles. The van der Waals surface area contributed by atoms with Crippen molar-refractivity contribution in [2.75, 3.05) is 45.2 Å². The van der Waals surface area contributed by atoms with Crippen LogP contribution in [0.15, 0.2) is 60.7 Å². The fraction of sp³-hybridized carbons (Fsp3) is 0.370. The van der Waals surface area contributed by atoms with Crippen LogP contribution in [-0.2, 0) is 6.42 Å². The topological polar surface area (TPSA) is 44.8 Å². The number of likely N-dealkylation sites (N-methyl/N-ethyl adjacent to an activating group) is 1. The van der Waals surface area contributed by atoms with Crippen molar-refractivity contribution in [3.8, 4) is 5.75 Å². The number of hydrogen-bond donors (Lipinski definition) is 1. The number of benzene rings is 2. The first-order valence-corrected chi connectivity index (χ1v) is 12.5. The molecule has 1 fully saturated rings. The Morgan fingerprint density at radius 1 is 1.00 bits per heavy atom. The van der Waals surface area contributed by atoms with Crippen LogP contribution in [0.25, 0.3) is 0 Å². The van der Waals surface area contributed by atoms with Crippen LogP contribution >= 0.6 is 11.3 Å². The number of nitrogens with one attached hydrogen (secondary N) is 1. The van der Waals surface area contributed by atoms with Gasteiger partial charge in [0.25, 0.3) is 5.91 Å². The number of para-hydroxylation sites is 1. The molecule has 1 atom stereocenters. The van der Waals surface area contributed by atoms with Gasteiger partial charge in [-0.25, -0.2) is 0 Å². The number of rotatable bonds is 8. The first-order chi connectivity index (χ1) is 16.1. The van der Waals surface area contributed by atoms with Gasteiger partial charge >= 0.3 is 0 Å². The molecule has 3 aromatic rings. The molecule has 33 heavy (non-hydrogen) atoms. The SMILES string of the molecule is CCc1cc([C@@H](c2ccccc2OC)N2CCN(CC)CC2)c(NC(=O)c2ccccc2)s1. The highest BCUT2D eigenvalue weighted by Gasteiger charge is 2.31. The number of carbonyl (C=O) groups excluding carboxylic acids is 1. The van der Waals surface area contributed by atoms with Gasteiger partial charge < -0.3 is 15.0 Å². The predicted octanol–water partition coefficient (Wildman–Crippen LogP) is 5.30. The zero-order valence-corrected chi connectivity index (χ0v) is 20.5. The van der Waals surface area contributed by atoms with Crippen molar-refractivity contribution < 1.29 is 9.53 Å². The van der Waals surface area contributed by atoms with E-state index in [4.69, 9.17) is 4.74 Å². The molecule has 6 heteroatoms. The highest BCUT2D eigenvalue weighted by molar-refractivity contribution is 7.16. The van der Waals surface area contributed by atoms with Crippen molar-refractivity contribution in [2.45, 2.75) is 26.3 Å². The maximum absolute atomic E-state index is 13.1. The van der Waals surface area contributed by atoms with Crippen LogP contribution in [0, 0.1) is 0 Å². The molecule has 0 radical (unpaired) electrons. The van der Waals surface area contributed by atoms with Crippen LogP contribution < -0.4 is 10.1 Å². The summed E-state index contributed by atoms with van der Waals surface area (Å²) in [5.74, 6) is 0.806. The summed E-state index contributed by atoms with van der Waals surface area (Å²) >= 11 is 1.68. The number of carbonyl (C=O) groups is 1. The van der Waals surface area contributed by atoms with E-state index in [0.29, 0.717) is 5.56 Å². The van der Waals surface area contributed by atoms with Gasteiger partial charge in [-0.3, -0.25) is 9.69 Å². The summed E-state index contributed by atoms with van der Waals surface area (Å²) in [5, 5.41) is 4.16. The second-order valence-electron chi connectivity index (χ2n) is 8.29. The Labute approximate surface area is 201 Å². The molecule has 0 bridgehead atoms. The third kappa shape index (κ3) is 5.29. The molecular weight excluding hydrogens is 430 g/mol. The number of aryl methyl sites for hydroxylation is 1. The third-order valence-corrected chi connectivity index (χ3v) is 7.58. The lowest BCUT2D eigenvalue weighted by Crippen LogP contribution is -2.47. The molecule has 1 saturated heterocycles. The van der Waals surface area contributed by atoms with Crippen molar-refractivity contribution >= 4 is 22.2 Å². The average molecular weight is 464 g/mol. The fourth-order valence-electron chi connectivity index (χ4n) is 4.49. The van der Waals surface area contributed by atoms with Gasteiger partial charge in [0.1, 0.15) is 10.8 Å². The summed E-state index contributed by atoms with van der Waals surface area (Å²) in [7, 11) is 1.73. The van der Waals surface area contributed by atoms with Crippen LogP contribution in [0.5, 0.6) is 5.75 Å². The molecule has 1 amide bonds. The number of anilines is 1. The predicted molar refractivity (Wildman–Crippen MR) is 137 cm³/mol. The zero-order valence-electron chi connectivity index (χ0n) is 19.7. The van der Waals surface area contributed by atoms with Gasteiger partial charge in [-0.2, -0.15) is 0 Å². The maximum Gasteiger partial charge on any atom is 0.256 e. The number of hydrogen-bond acceptors (Lipinski definition) is 5. The highest BCUT2D eigenvalue weighted by Crippen LogP contribution is 2.42. The number of ether oxygens (including phenoxy) is 1. The van der Waals surface area contributed by atoms with Crippen molar-refractivity contribution in [1.82, 2.24) is 9.80 Å². The lowest BCUT2D eigenvalue weighted by molar-refractivity contribution is 0.102. The molecule has 0 aliphatic carbocycles. The summed E-state index contributed by atoms with van der Waals surface area (Å²) < 4.78 is 5.78. The molecule has 5 nitrogen and oxygen atoms in total. The molecule has 0 unspecified atom stereocenters. The Hall–Kier alpha value is -2.67. The van der Waals surface area contributed by atoms with Gasteiger partial charge in [0.05, 0.1) is 13.2 Å². The van der Waals surface area contributed by atoms with Gasteiger partial charge in [0.15, 0.2) is 0 Å². The molecule has 1 N–H and O–H groups in total. The molecule has 0 saturated carbocycles. The molecule has 1 aliphatic rings. The second-order valence-corrected chi connectivity index (χ2v) is 9.42. The minimum Gasteiger partial charge on any atom is -0.496 e. The van der Waals surface area contributed by atoms with Crippen molar-refractivity contribution in [2.24, 2.45) is 0 Å². The van der Waals surface area contributed by atoms with E-state index < -0.39 is 0 Å². The van der Waals surface area contributed by atoms with Crippen LogP contribution in [0.4, 0.5) is 5.00 Å². The Bertz CT molecular complexity index is 1060. The fourth-order valence-corrected chi connectivity index (χ4v) is 5.51. The van der Waals surface area contributed by atoms with Gasteiger partial charge in [0, 0.05) is 47.7 Å². The smallest absolute Gasteiger partial charge is 0.256 e. The van der Waals surface area contributed by atoms with Crippen LogP contribution in [0.3, 0.4) is 0 Å². The number of methoxy groups -OCH3 is 1. The Morgan fingerprint density at radius 2 is 1.70 bits per heavy atom. The Kier molecular flexibility index (Phi) is 7.81. The summed E-state index contributed by atoms with van der Waals surface area (Å²) in [5.41, 5.74) is 2.96. The van der Waals surface area contributed by atoms with Gasteiger partial charge in [-0.1, -0.05) is 50.2 Å². The molecule has 174 valence electrons. The monoisotopic (exact) mass is 463 g/mol. The zero-order chi connectivity index (χ0) is 23.2. The first kappa shape index (κ1) is 23.5. The Morgan fingerprint density at radius 3 is 2.36 bits per heavy atom. The molecular formula is C27H33N3O2S. The maximum atomic E-state index is 13.1. The lowest BCUT2D eigenvalue weighted by Gasteiger charge is -2.39. The standard InChI is InChI=1S/C27H33N3O2S/c1-4-21-19-23(27(33-21)28-26(31)20-11-7-6-8-12-20)25(22-13-9-10-14-24(22)32-3)30-17-15-29(5-2)16-18-30/h6-14,19,25H,4-5,15-18H2,1-3H3,(H,28,31)/t25-/m1/s1. The molecule has 2 aromatic carbocycles. The van der Waals surface area contributed by atoms with Gasteiger partial charge in [-0.15, -0.1) is 11.3 Å². The number of piperazine rings is 1. The Balaban J connectivity index is 1.75. The average Bonchev–Trinajstić information content (AvgIpc) is 3.27. The van der Waals surface area contributed by atoms with E-state index in [0.717, 1.165) is 61.0 Å². The number of nitrogens with zero attached hydrogens (tertiary/aromatic N) is 2. The minimum absolute atomic E-state index is 0.0165. The lowest BCUT2D eigenvalue weighted by atomic mass is 9.96. The van der Waals surface area contributed by atoms with E-state index in [1.54, 1.807) is 18.4 Å². The van der Waals surface area contributed by atoms with E-state index >= 15 is 0 Å². The second kappa shape index (κ2) is 11.0. The molecule has 1 aliphatic heterocycles. The first-order valence-electron chi connectivity index (χ1n) is 11.7. The summed E-state index contributed by atoms with van der Waals surface area (Å²) in [6, 6.07) is 20.0. The van der Waals surface area contributed by atoms with Gasteiger partial charge in [-0.05, 0) is 37.2 Å². The van der Waals surface area contributed by atoms with E-state index in [1.807, 2.05) is 42.5 Å². The van der Waals surface area contributed by atoms with Crippen LogP contribution in [-0.4, -0.2) is 55.5 Å². The molecule has 0 spiro atoms. The molecule has 2 heterocycles. The quantitative estimate of drug-likeness (QED) is 0.492. The van der Waals surface area contributed by atoms with Crippen molar-refractivity contribution in [1.29, 1.82) is 0 Å². The summed E-state index contributed by atoms with van der Waals surface area (Å²) in [4.78, 5) is 19.3. The number of amides is 1. The highest BCUT2D eigenvalue weighted by atomic mass is 32.1. The summed E-state index contributed by atoms with van der Waals surface area (Å²) in [6.07, 6.45) is 0.932. The van der Waals surface area contributed by atoms with Crippen LogP contribution in [0.2, 0.25) is 0 Å².